The van der Waals surface area contributed by atoms with Crippen molar-refractivity contribution in [2.24, 2.45) is 5.73 Å². The third-order valence-electron chi connectivity index (χ3n) is 2.75. The molecule has 0 aliphatic heterocycles. The molecule has 4 heteroatoms. The van der Waals surface area contributed by atoms with Crippen molar-refractivity contribution in [1.82, 2.24) is 5.32 Å². The SMILES string of the molecule is CCNC(=O)C(C)Oc1ccc([C@H](C)N)cc1C. The molecule has 0 aliphatic rings. The number of likely N-dealkylation sites (N-methyl/N-ethyl adjacent to an activating group) is 1. The van der Waals surface area contributed by atoms with Gasteiger partial charge in [-0.15, -0.1) is 0 Å². The Labute approximate surface area is 109 Å². The molecule has 0 aliphatic carbocycles. The molecule has 1 rings (SSSR count). The van der Waals surface area contributed by atoms with Crippen LogP contribution in [-0.4, -0.2) is 18.6 Å². The van der Waals surface area contributed by atoms with Crippen molar-refractivity contribution in [2.45, 2.75) is 39.8 Å². The monoisotopic (exact) mass is 250 g/mol. The van der Waals surface area contributed by atoms with Crippen LogP contribution in [0.3, 0.4) is 0 Å². The molecule has 0 spiro atoms. The zero-order valence-corrected chi connectivity index (χ0v) is 11.5. The molecule has 1 aromatic carbocycles. The summed E-state index contributed by atoms with van der Waals surface area (Å²) in [5.74, 6) is 0.617. The van der Waals surface area contributed by atoms with Crippen molar-refractivity contribution >= 4 is 5.91 Å². The van der Waals surface area contributed by atoms with E-state index in [2.05, 4.69) is 5.32 Å². The molecule has 1 unspecified atom stereocenters. The molecule has 1 aromatic rings. The molecule has 1 amide bonds. The van der Waals surface area contributed by atoms with Gasteiger partial charge in [0.15, 0.2) is 6.10 Å². The van der Waals surface area contributed by atoms with E-state index in [0.29, 0.717) is 6.54 Å². The molecule has 18 heavy (non-hydrogen) atoms. The summed E-state index contributed by atoms with van der Waals surface area (Å²) >= 11 is 0. The number of amides is 1. The van der Waals surface area contributed by atoms with Gasteiger partial charge >= 0.3 is 0 Å². The Morgan fingerprint density at radius 2 is 2.11 bits per heavy atom. The number of nitrogens with two attached hydrogens (primary N) is 1. The largest absolute Gasteiger partial charge is 0.481 e. The minimum Gasteiger partial charge on any atom is -0.481 e. The Hall–Kier alpha value is -1.55. The van der Waals surface area contributed by atoms with Crippen LogP contribution in [0.4, 0.5) is 0 Å². The van der Waals surface area contributed by atoms with Crippen LogP contribution in [0, 0.1) is 6.92 Å². The van der Waals surface area contributed by atoms with E-state index in [1.807, 2.05) is 39.0 Å². The average molecular weight is 250 g/mol. The van der Waals surface area contributed by atoms with Gasteiger partial charge in [0, 0.05) is 12.6 Å². The van der Waals surface area contributed by atoms with Gasteiger partial charge in [0.25, 0.3) is 5.91 Å². The maximum atomic E-state index is 11.6. The van der Waals surface area contributed by atoms with Gasteiger partial charge in [0.05, 0.1) is 0 Å². The fourth-order valence-corrected chi connectivity index (χ4v) is 1.65. The number of ether oxygens (including phenoxy) is 1. The highest BCUT2D eigenvalue weighted by Gasteiger charge is 2.14. The maximum Gasteiger partial charge on any atom is 0.260 e. The topological polar surface area (TPSA) is 64.3 Å². The summed E-state index contributed by atoms with van der Waals surface area (Å²) in [4.78, 5) is 11.6. The van der Waals surface area contributed by atoms with Crippen LogP contribution >= 0.6 is 0 Å². The molecule has 4 nitrogen and oxygen atoms in total. The molecule has 3 N–H and O–H groups in total. The van der Waals surface area contributed by atoms with Crippen LogP contribution in [0.1, 0.15) is 37.9 Å². The standard InChI is InChI=1S/C14H22N2O2/c1-5-16-14(17)11(4)18-13-7-6-12(10(3)15)8-9(13)2/h6-8,10-11H,5,15H2,1-4H3,(H,16,17)/t10-,11?/m0/s1. The first-order chi connectivity index (χ1) is 8.45. The minimum atomic E-state index is -0.496. The van der Waals surface area contributed by atoms with Gasteiger partial charge in [-0.3, -0.25) is 4.79 Å². The van der Waals surface area contributed by atoms with Crippen LogP contribution in [0.5, 0.6) is 5.75 Å². The second-order valence-electron chi connectivity index (χ2n) is 4.47. The Kier molecular flexibility index (Phi) is 5.16. The zero-order chi connectivity index (χ0) is 13.7. The summed E-state index contributed by atoms with van der Waals surface area (Å²) in [5, 5.41) is 2.73. The smallest absolute Gasteiger partial charge is 0.260 e. The zero-order valence-electron chi connectivity index (χ0n) is 11.5. The van der Waals surface area contributed by atoms with E-state index in [0.717, 1.165) is 16.9 Å². The second-order valence-corrected chi connectivity index (χ2v) is 4.47. The molecular formula is C14H22N2O2. The number of carbonyl (C=O) groups is 1. The number of hydrogen-bond acceptors (Lipinski definition) is 3. The Bertz CT molecular complexity index is 416. The van der Waals surface area contributed by atoms with Gasteiger partial charge in [-0.25, -0.2) is 0 Å². The van der Waals surface area contributed by atoms with Crippen molar-refractivity contribution in [3.8, 4) is 5.75 Å². The fourth-order valence-electron chi connectivity index (χ4n) is 1.65. The molecule has 0 saturated heterocycles. The summed E-state index contributed by atoms with van der Waals surface area (Å²) < 4.78 is 5.64. The molecule has 0 bridgehead atoms. The summed E-state index contributed by atoms with van der Waals surface area (Å²) in [5.41, 5.74) is 7.86. The Morgan fingerprint density at radius 1 is 1.44 bits per heavy atom. The summed E-state index contributed by atoms with van der Waals surface area (Å²) in [6.07, 6.45) is -0.496. The molecule has 0 aromatic heterocycles. The predicted molar refractivity (Wildman–Crippen MR) is 72.6 cm³/mol. The minimum absolute atomic E-state index is 0.00133. The first kappa shape index (κ1) is 14.5. The van der Waals surface area contributed by atoms with Gasteiger partial charge in [-0.1, -0.05) is 12.1 Å². The number of hydrogen-bond donors (Lipinski definition) is 2. The number of rotatable bonds is 5. The van der Waals surface area contributed by atoms with Crippen molar-refractivity contribution in [1.29, 1.82) is 0 Å². The van der Waals surface area contributed by atoms with Crippen LogP contribution in [0.25, 0.3) is 0 Å². The van der Waals surface area contributed by atoms with E-state index in [1.54, 1.807) is 6.92 Å². The van der Waals surface area contributed by atoms with Crippen molar-refractivity contribution in [2.75, 3.05) is 6.54 Å². The summed E-state index contributed by atoms with van der Waals surface area (Å²) in [6.45, 7) is 8.12. The van der Waals surface area contributed by atoms with Gasteiger partial charge in [-0.05, 0) is 44.9 Å². The molecule has 0 heterocycles. The van der Waals surface area contributed by atoms with E-state index in [4.69, 9.17) is 10.5 Å². The molecule has 100 valence electrons. The number of carbonyl (C=O) groups excluding carboxylic acids is 1. The first-order valence-corrected chi connectivity index (χ1v) is 6.26. The highest BCUT2D eigenvalue weighted by molar-refractivity contribution is 5.80. The lowest BCUT2D eigenvalue weighted by atomic mass is 10.1. The molecule has 0 radical (unpaired) electrons. The Balaban J connectivity index is 2.76. The lowest BCUT2D eigenvalue weighted by molar-refractivity contribution is -0.127. The third-order valence-corrected chi connectivity index (χ3v) is 2.75. The van der Waals surface area contributed by atoms with E-state index in [9.17, 15) is 4.79 Å². The number of aryl methyl sites for hydroxylation is 1. The van der Waals surface area contributed by atoms with Crippen molar-refractivity contribution in [3.05, 3.63) is 29.3 Å². The van der Waals surface area contributed by atoms with Gasteiger partial charge in [0.1, 0.15) is 5.75 Å². The molecule has 0 fully saturated rings. The molecule has 2 atom stereocenters. The van der Waals surface area contributed by atoms with E-state index < -0.39 is 6.10 Å². The third kappa shape index (κ3) is 3.74. The van der Waals surface area contributed by atoms with Crippen molar-refractivity contribution < 1.29 is 9.53 Å². The second kappa shape index (κ2) is 6.40. The summed E-state index contributed by atoms with van der Waals surface area (Å²) in [6, 6.07) is 5.78. The van der Waals surface area contributed by atoms with Crippen LogP contribution in [0.15, 0.2) is 18.2 Å². The van der Waals surface area contributed by atoms with E-state index >= 15 is 0 Å². The quantitative estimate of drug-likeness (QED) is 0.839. The number of nitrogens with one attached hydrogen (secondary N) is 1. The van der Waals surface area contributed by atoms with Crippen LogP contribution in [0.2, 0.25) is 0 Å². The molecule has 0 saturated carbocycles. The normalized spacial score (nSPS) is 13.8. The highest BCUT2D eigenvalue weighted by Crippen LogP contribution is 2.22. The van der Waals surface area contributed by atoms with E-state index in [1.165, 1.54) is 0 Å². The lowest BCUT2D eigenvalue weighted by Gasteiger charge is -2.17. The molecular weight excluding hydrogens is 228 g/mol. The fraction of sp³-hybridized carbons (Fsp3) is 0.500. The lowest BCUT2D eigenvalue weighted by Crippen LogP contribution is -2.36. The summed E-state index contributed by atoms with van der Waals surface area (Å²) in [7, 11) is 0. The van der Waals surface area contributed by atoms with Crippen LogP contribution < -0.4 is 15.8 Å². The van der Waals surface area contributed by atoms with E-state index in [-0.39, 0.29) is 11.9 Å². The van der Waals surface area contributed by atoms with Crippen LogP contribution in [-0.2, 0) is 4.79 Å². The number of benzene rings is 1. The highest BCUT2D eigenvalue weighted by atomic mass is 16.5. The average Bonchev–Trinajstić information content (AvgIpc) is 2.31. The first-order valence-electron chi connectivity index (χ1n) is 6.26. The maximum absolute atomic E-state index is 11.6. The van der Waals surface area contributed by atoms with Gasteiger partial charge in [0.2, 0.25) is 0 Å². The van der Waals surface area contributed by atoms with Gasteiger partial charge in [-0.2, -0.15) is 0 Å². The predicted octanol–water partition coefficient (Wildman–Crippen LogP) is 1.92. The van der Waals surface area contributed by atoms with Crippen molar-refractivity contribution in [3.63, 3.8) is 0 Å². The van der Waals surface area contributed by atoms with Gasteiger partial charge < -0.3 is 15.8 Å². The Morgan fingerprint density at radius 3 is 2.61 bits per heavy atom.